The molecule has 0 heterocycles. The van der Waals surface area contributed by atoms with E-state index in [0.29, 0.717) is 12.2 Å². The van der Waals surface area contributed by atoms with E-state index in [9.17, 15) is 0 Å². The molecule has 3 heteroatoms. The summed E-state index contributed by atoms with van der Waals surface area (Å²) in [7, 11) is 1.62. The molecule has 0 bridgehead atoms. The number of hydrogen-bond donors (Lipinski definition) is 0. The van der Waals surface area contributed by atoms with Crippen LogP contribution < -0.4 is 0 Å². The number of benzene rings is 1. The maximum Gasteiger partial charge on any atom is 0.0995 e. The summed E-state index contributed by atoms with van der Waals surface area (Å²) in [5.41, 5.74) is 1.64. The fourth-order valence-corrected chi connectivity index (χ4v) is 1.43. The van der Waals surface area contributed by atoms with E-state index in [4.69, 9.17) is 10.00 Å². The maximum absolute atomic E-state index is 8.76. The molecular weight excluding hydrogens is 265 g/mol. The first-order chi connectivity index (χ1) is 5.77. The Balaban J connectivity index is 3.05. The summed E-state index contributed by atoms with van der Waals surface area (Å²) in [5, 5.41) is 8.76. The Morgan fingerprint density at radius 1 is 1.58 bits per heavy atom. The lowest BCUT2D eigenvalue weighted by molar-refractivity contribution is 0.184. The van der Waals surface area contributed by atoms with E-state index in [1.54, 1.807) is 7.11 Å². The molecule has 0 saturated carbocycles. The molecule has 1 aromatic carbocycles. The van der Waals surface area contributed by atoms with E-state index >= 15 is 0 Å². The smallest absolute Gasteiger partial charge is 0.0995 e. The van der Waals surface area contributed by atoms with E-state index in [0.717, 1.165) is 9.13 Å². The first-order valence-electron chi connectivity index (χ1n) is 3.45. The standard InChI is InChI=1S/C9H8INO/c1-12-6-7-2-3-9(10)4-8(7)5-11/h2-4H,6H2,1H3. The maximum atomic E-state index is 8.76. The Labute approximate surface area is 85.3 Å². The minimum Gasteiger partial charge on any atom is -0.380 e. The van der Waals surface area contributed by atoms with Crippen LogP contribution in [0.5, 0.6) is 0 Å². The third-order valence-corrected chi connectivity index (χ3v) is 2.16. The molecule has 0 unspecified atom stereocenters. The van der Waals surface area contributed by atoms with E-state index in [1.165, 1.54) is 0 Å². The summed E-state index contributed by atoms with van der Waals surface area (Å²) in [6, 6.07) is 7.88. The number of methoxy groups -OCH3 is 1. The van der Waals surface area contributed by atoms with Crippen molar-refractivity contribution in [2.45, 2.75) is 6.61 Å². The number of nitrogens with zero attached hydrogens (tertiary/aromatic N) is 1. The van der Waals surface area contributed by atoms with Gasteiger partial charge in [-0.15, -0.1) is 0 Å². The molecule has 0 aliphatic carbocycles. The third-order valence-electron chi connectivity index (χ3n) is 1.49. The molecule has 0 radical (unpaired) electrons. The second-order valence-corrected chi connectivity index (χ2v) is 3.59. The highest BCUT2D eigenvalue weighted by atomic mass is 127. The van der Waals surface area contributed by atoms with Gasteiger partial charge in [0, 0.05) is 10.7 Å². The number of halogens is 1. The van der Waals surface area contributed by atoms with Gasteiger partial charge in [0.1, 0.15) is 0 Å². The van der Waals surface area contributed by atoms with Crippen LogP contribution in [0, 0.1) is 14.9 Å². The molecule has 62 valence electrons. The van der Waals surface area contributed by atoms with Gasteiger partial charge in [0.25, 0.3) is 0 Å². The van der Waals surface area contributed by atoms with Crippen molar-refractivity contribution in [3.63, 3.8) is 0 Å². The largest absolute Gasteiger partial charge is 0.380 e. The lowest BCUT2D eigenvalue weighted by Gasteiger charge is -2.01. The third kappa shape index (κ3) is 2.19. The van der Waals surface area contributed by atoms with Crippen LogP contribution in [-0.4, -0.2) is 7.11 Å². The summed E-state index contributed by atoms with van der Waals surface area (Å²) < 4.78 is 6.03. The summed E-state index contributed by atoms with van der Waals surface area (Å²) in [4.78, 5) is 0. The van der Waals surface area contributed by atoms with Crippen LogP contribution in [-0.2, 0) is 11.3 Å². The SMILES string of the molecule is COCc1ccc(I)cc1C#N. The average molecular weight is 273 g/mol. The van der Waals surface area contributed by atoms with Crippen molar-refractivity contribution in [2.75, 3.05) is 7.11 Å². The predicted molar refractivity (Wildman–Crippen MR) is 54.6 cm³/mol. The second kappa shape index (κ2) is 4.43. The number of nitriles is 1. The van der Waals surface area contributed by atoms with Crippen molar-refractivity contribution in [3.05, 3.63) is 32.9 Å². The van der Waals surface area contributed by atoms with Crippen LogP contribution >= 0.6 is 22.6 Å². The van der Waals surface area contributed by atoms with Gasteiger partial charge in [0.2, 0.25) is 0 Å². The van der Waals surface area contributed by atoms with E-state index in [1.807, 2.05) is 18.2 Å². The fraction of sp³-hybridized carbons (Fsp3) is 0.222. The number of hydrogen-bond acceptors (Lipinski definition) is 2. The Bertz CT molecular complexity index is 317. The summed E-state index contributed by atoms with van der Waals surface area (Å²) in [6.07, 6.45) is 0. The predicted octanol–water partition coefficient (Wildman–Crippen LogP) is 2.31. The highest BCUT2D eigenvalue weighted by Gasteiger charge is 2.00. The Morgan fingerprint density at radius 3 is 2.92 bits per heavy atom. The van der Waals surface area contributed by atoms with Crippen molar-refractivity contribution in [3.8, 4) is 6.07 Å². The first kappa shape index (κ1) is 9.49. The summed E-state index contributed by atoms with van der Waals surface area (Å²) in [6.45, 7) is 0.500. The molecule has 1 aromatic rings. The van der Waals surface area contributed by atoms with Crippen LogP contribution in [0.25, 0.3) is 0 Å². The number of rotatable bonds is 2. The van der Waals surface area contributed by atoms with E-state index in [-0.39, 0.29) is 0 Å². The molecule has 0 aromatic heterocycles. The molecule has 0 aliphatic rings. The molecule has 2 nitrogen and oxygen atoms in total. The van der Waals surface area contributed by atoms with Crippen molar-refractivity contribution < 1.29 is 4.74 Å². The second-order valence-electron chi connectivity index (χ2n) is 2.35. The van der Waals surface area contributed by atoms with Gasteiger partial charge in [-0.25, -0.2) is 0 Å². The molecule has 0 aliphatic heterocycles. The zero-order valence-corrected chi connectivity index (χ0v) is 8.83. The minimum absolute atomic E-state index is 0.500. The zero-order chi connectivity index (χ0) is 8.97. The van der Waals surface area contributed by atoms with E-state index < -0.39 is 0 Å². The van der Waals surface area contributed by atoms with Crippen molar-refractivity contribution in [1.29, 1.82) is 5.26 Å². The fourth-order valence-electron chi connectivity index (χ4n) is 0.934. The van der Waals surface area contributed by atoms with E-state index in [2.05, 4.69) is 28.7 Å². The van der Waals surface area contributed by atoms with Crippen molar-refractivity contribution >= 4 is 22.6 Å². The molecule has 0 fully saturated rings. The molecule has 0 amide bonds. The van der Waals surface area contributed by atoms with Gasteiger partial charge < -0.3 is 4.74 Å². The molecule has 0 atom stereocenters. The monoisotopic (exact) mass is 273 g/mol. The van der Waals surface area contributed by atoms with Gasteiger partial charge in [-0.3, -0.25) is 0 Å². The molecule has 0 saturated heterocycles. The zero-order valence-electron chi connectivity index (χ0n) is 6.67. The summed E-state index contributed by atoms with van der Waals surface area (Å²) in [5.74, 6) is 0. The Hall–Kier alpha value is -0.600. The quantitative estimate of drug-likeness (QED) is 0.775. The lowest BCUT2D eigenvalue weighted by Crippen LogP contribution is -1.92. The van der Waals surface area contributed by atoms with Gasteiger partial charge >= 0.3 is 0 Å². The first-order valence-corrected chi connectivity index (χ1v) is 4.53. The molecular formula is C9H8INO. The Morgan fingerprint density at radius 2 is 2.33 bits per heavy atom. The van der Waals surface area contributed by atoms with Crippen LogP contribution in [0.15, 0.2) is 18.2 Å². The Kier molecular flexibility index (Phi) is 3.50. The molecule has 0 spiro atoms. The van der Waals surface area contributed by atoms with Crippen LogP contribution in [0.2, 0.25) is 0 Å². The van der Waals surface area contributed by atoms with Crippen LogP contribution in [0.3, 0.4) is 0 Å². The van der Waals surface area contributed by atoms with Gasteiger partial charge in [0.15, 0.2) is 0 Å². The van der Waals surface area contributed by atoms with Gasteiger partial charge in [0.05, 0.1) is 18.2 Å². The lowest BCUT2D eigenvalue weighted by atomic mass is 10.1. The van der Waals surface area contributed by atoms with Gasteiger partial charge in [-0.1, -0.05) is 6.07 Å². The topological polar surface area (TPSA) is 33.0 Å². The van der Waals surface area contributed by atoms with Crippen LogP contribution in [0.1, 0.15) is 11.1 Å². The number of ether oxygens (including phenoxy) is 1. The molecule has 12 heavy (non-hydrogen) atoms. The average Bonchev–Trinajstić information content (AvgIpc) is 2.08. The highest BCUT2D eigenvalue weighted by molar-refractivity contribution is 14.1. The van der Waals surface area contributed by atoms with Crippen molar-refractivity contribution in [2.24, 2.45) is 0 Å². The molecule has 0 N–H and O–H groups in total. The normalized spacial score (nSPS) is 9.42. The van der Waals surface area contributed by atoms with Crippen molar-refractivity contribution in [1.82, 2.24) is 0 Å². The molecule has 1 rings (SSSR count). The highest BCUT2D eigenvalue weighted by Crippen LogP contribution is 2.13. The van der Waals surface area contributed by atoms with Gasteiger partial charge in [-0.05, 0) is 40.3 Å². The van der Waals surface area contributed by atoms with Crippen LogP contribution in [0.4, 0.5) is 0 Å². The minimum atomic E-state index is 0.500. The van der Waals surface area contributed by atoms with Gasteiger partial charge in [-0.2, -0.15) is 5.26 Å². The summed E-state index contributed by atoms with van der Waals surface area (Å²) >= 11 is 2.18.